The Morgan fingerprint density at radius 3 is 2.70 bits per heavy atom. The van der Waals surface area contributed by atoms with Crippen molar-refractivity contribution in [1.82, 2.24) is 15.3 Å². The molecule has 0 radical (unpaired) electrons. The molecule has 5 heteroatoms. The summed E-state index contributed by atoms with van der Waals surface area (Å²) in [6, 6.07) is 6.29. The summed E-state index contributed by atoms with van der Waals surface area (Å²) in [7, 11) is 1.74. The van der Waals surface area contributed by atoms with Crippen LogP contribution in [0.1, 0.15) is 32.8 Å². The topological polar surface area (TPSA) is 69.9 Å². The SMILES string of the molecule is COC(C)(C)CC(C)NCc1ccc2[nH]c(=O)[nH]c2c1. The molecule has 0 saturated heterocycles. The molecule has 2 rings (SSSR count). The first-order chi connectivity index (χ1) is 9.39. The van der Waals surface area contributed by atoms with Crippen LogP contribution in [-0.2, 0) is 11.3 Å². The number of aromatic amines is 2. The van der Waals surface area contributed by atoms with Crippen LogP contribution in [0.15, 0.2) is 23.0 Å². The number of methoxy groups -OCH3 is 1. The zero-order chi connectivity index (χ0) is 14.8. The molecule has 3 N–H and O–H groups in total. The Kier molecular flexibility index (Phi) is 4.30. The third-order valence-corrected chi connectivity index (χ3v) is 3.59. The first-order valence-corrected chi connectivity index (χ1v) is 6.89. The normalized spacial score (nSPS) is 13.8. The van der Waals surface area contributed by atoms with Crippen LogP contribution in [0.25, 0.3) is 11.0 Å². The molecule has 0 fully saturated rings. The molecule has 2 aromatic rings. The average Bonchev–Trinajstić information content (AvgIpc) is 2.75. The summed E-state index contributed by atoms with van der Waals surface area (Å²) < 4.78 is 5.44. The van der Waals surface area contributed by atoms with Crippen molar-refractivity contribution in [2.45, 2.75) is 45.4 Å². The summed E-state index contributed by atoms with van der Waals surface area (Å²) in [5.74, 6) is 0. The van der Waals surface area contributed by atoms with Gasteiger partial charge in [0.2, 0.25) is 0 Å². The maximum Gasteiger partial charge on any atom is 0.323 e. The van der Waals surface area contributed by atoms with Crippen LogP contribution in [0.4, 0.5) is 0 Å². The van der Waals surface area contributed by atoms with Gasteiger partial charge in [-0.25, -0.2) is 4.79 Å². The van der Waals surface area contributed by atoms with E-state index < -0.39 is 0 Å². The number of rotatable bonds is 6. The van der Waals surface area contributed by atoms with Gasteiger partial charge >= 0.3 is 5.69 Å². The molecule has 1 heterocycles. The predicted octanol–water partition coefficient (Wildman–Crippen LogP) is 2.15. The number of ether oxygens (including phenoxy) is 1. The number of aromatic nitrogens is 2. The molecule has 1 unspecified atom stereocenters. The van der Waals surface area contributed by atoms with Crippen LogP contribution in [0.5, 0.6) is 0 Å². The lowest BCUT2D eigenvalue weighted by molar-refractivity contribution is 0.00844. The van der Waals surface area contributed by atoms with E-state index >= 15 is 0 Å². The van der Waals surface area contributed by atoms with E-state index in [4.69, 9.17) is 4.74 Å². The molecule has 0 bridgehead atoms. The highest BCUT2D eigenvalue weighted by atomic mass is 16.5. The van der Waals surface area contributed by atoms with Crippen LogP contribution in [0.3, 0.4) is 0 Å². The summed E-state index contributed by atoms with van der Waals surface area (Å²) in [5, 5.41) is 3.48. The van der Waals surface area contributed by atoms with E-state index in [-0.39, 0.29) is 11.3 Å². The summed E-state index contributed by atoms with van der Waals surface area (Å²) in [6.45, 7) is 7.09. The van der Waals surface area contributed by atoms with Crippen molar-refractivity contribution < 1.29 is 4.74 Å². The number of hydrogen-bond donors (Lipinski definition) is 3. The monoisotopic (exact) mass is 277 g/mol. The lowest BCUT2D eigenvalue weighted by Crippen LogP contribution is -2.35. The molecule has 1 aromatic heterocycles. The standard InChI is InChI=1S/C15H23N3O2/c1-10(8-15(2,3)20-4)16-9-11-5-6-12-13(7-11)18-14(19)17-12/h5-7,10,16H,8-9H2,1-4H3,(H2,17,18,19). The molecule has 0 amide bonds. The summed E-state index contributed by atoms with van der Waals surface area (Å²) in [5.41, 5.74) is 2.55. The molecule has 0 spiro atoms. The Morgan fingerprint density at radius 2 is 2.00 bits per heavy atom. The van der Waals surface area contributed by atoms with Crippen molar-refractivity contribution in [2.75, 3.05) is 7.11 Å². The molecule has 1 atom stereocenters. The largest absolute Gasteiger partial charge is 0.379 e. The van der Waals surface area contributed by atoms with Crippen LogP contribution in [0.2, 0.25) is 0 Å². The van der Waals surface area contributed by atoms with Gasteiger partial charge in [0, 0.05) is 19.7 Å². The molecule has 20 heavy (non-hydrogen) atoms. The Hall–Kier alpha value is -1.59. The highest BCUT2D eigenvalue weighted by Gasteiger charge is 2.19. The molecule has 0 aliphatic heterocycles. The quantitative estimate of drug-likeness (QED) is 0.757. The molecule has 0 saturated carbocycles. The second-order valence-electron chi connectivity index (χ2n) is 5.91. The summed E-state index contributed by atoms with van der Waals surface area (Å²) in [6.07, 6.45) is 0.937. The summed E-state index contributed by atoms with van der Waals surface area (Å²) in [4.78, 5) is 16.7. The van der Waals surface area contributed by atoms with Gasteiger partial charge in [-0.1, -0.05) is 6.07 Å². The van der Waals surface area contributed by atoms with E-state index in [0.717, 1.165) is 29.6 Å². The zero-order valence-corrected chi connectivity index (χ0v) is 12.5. The molecule has 0 aliphatic carbocycles. The van der Waals surface area contributed by atoms with E-state index in [2.05, 4.69) is 36.1 Å². The van der Waals surface area contributed by atoms with Crippen molar-refractivity contribution in [3.05, 3.63) is 34.2 Å². The van der Waals surface area contributed by atoms with E-state index in [1.54, 1.807) is 7.11 Å². The van der Waals surface area contributed by atoms with E-state index in [0.29, 0.717) is 6.04 Å². The highest BCUT2D eigenvalue weighted by Crippen LogP contribution is 2.16. The van der Waals surface area contributed by atoms with Crippen molar-refractivity contribution in [2.24, 2.45) is 0 Å². The Bertz CT molecular complexity index is 627. The van der Waals surface area contributed by atoms with Crippen LogP contribution >= 0.6 is 0 Å². The second kappa shape index (κ2) is 5.81. The number of benzene rings is 1. The number of nitrogens with one attached hydrogen (secondary N) is 3. The van der Waals surface area contributed by atoms with Gasteiger partial charge in [0.25, 0.3) is 0 Å². The average molecular weight is 277 g/mol. The van der Waals surface area contributed by atoms with Gasteiger partial charge in [-0.05, 0) is 44.9 Å². The molecule has 0 aliphatic rings. The minimum absolute atomic E-state index is 0.123. The fourth-order valence-electron chi connectivity index (χ4n) is 2.37. The Labute approximate surface area is 118 Å². The van der Waals surface area contributed by atoms with Crippen LogP contribution < -0.4 is 11.0 Å². The van der Waals surface area contributed by atoms with Gasteiger partial charge < -0.3 is 20.0 Å². The van der Waals surface area contributed by atoms with Crippen LogP contribution in [0, 0.1) is 0 Å². The maximum atomic E-state index is 11.2. The van der Waals surface area contributed by atoms with Gasteiger partial charge in [-0.3, -0.25) is 0 Å². The fourth-order valence-corrected chi connectivity index (χ4v) is 2.37. The third-order valence-electron chi connectivity index (χ3n) is 3.59. The fraction of sp³-hybridized carbons (Fsp3) is 0.533. The van der Waals surface area contributed by atoms with Gasteiger partial charge in [0.15, 0.2) is 0 Å². The number of imidazole rings is 1. The molecule has 110 valence electrons. The first-order valence-electron chi connectivity index (χ1n) is 6.89. The van der Waals surface area contributed by atoms with Crippen molar-refractivity contribution >= 4 is 11.0 Å². The molecular formula is C15H23N3O2. The van der Waals surface area contributed by atoms with E-state index in [9.17, 15) is 4.79 Å². The molecule has 5 nitrogen and oxygen atoms in total. The van der Waals surface area contributed by atoms with Gasteiger partial charge in [0.05, 0.1) is 16.6 Å². The predicted molar refractivity (Wildman–Crippen MR) is 80.9 cm³/mol. The van der Waals surface area contributed by atoms with Crippen molar-refractivity contribution in [3.8, 4) is 0 Å². The minimum atomic E-state index is -0.166. The minimum Gasteiger partial charge on any atom is -0.379 e. The van der Waals surface area contributed by atoms with Crippen molar-refractivity contribution in [1.29, 1.82) is 0 Å². The highest BCUT2D eigenvalue weighted by molar-refractivity contribution is 5.74. The number of fused-ring (bicyclic) bond motifs is 1. The van der Waals surface area contributed by atoms with E-state index in [1.807, 2.05) is 18.2 Å². The van der Waals surface area contributed by atoms with E-state index in [1.165, 1.54) is 0 Å². The number of H-pyrrole nitrogens is 2. The lowest BCUT2D eigenvalue weighted by atomic mass is 9.99. The molecular weight excluding hydrogens is 254 g/mol. The maximum absolute atomic E-state index is 11.2. The second-order valence-corrected chi connectivity index (χ2v) is 5.91. The van der Waals surface area contributed by atoms with Crippen LogP contribution in [-0.4, -0.2) is 28.7 Å². The third kappa shape index (κ3) is 3.71. The van der Waals surface area contributed by atoms with Crippen molar-refractivity contribution in [3.63, 3.8) is 0 Å². The summed E-state index contributed by atoms with van der Waals surface area (Å²) >= 11 is 0. The first kappa shape index (κ1) is 14.8. The zero-order valence-electron chi connectivity index (χ0n) is 12.5. The van der Waals surface area contributed by atoms with Gasteiger partial charge in [-0.2, -0.15) is 0 Å². The smallest absolute Gasteiger partial charge is 0.323 e. The lowest BCUT2D eigenvalue weighted by Gasteiger charge is -2.27. The number of hydrogen-bond acceptors (Lipinski definition) is 3. The Morgan fingerprint density at radius 1 is 1.30 bits per heavy atom. The Balaban J connectivity index is 1.96. The molecule has 1 aromatic carbocycles. The van der Waals surface area contributed by atoms with Gasteiger partial charge in [0.1, 0.15) is 0 Å². The van der Waals surface area contributed by atoms with Gasteiger partial charge in [-0.15, -0.1) is 0 Å².